The number of amides is 1. The summed E-state index contributed by atoms with van der Waals surface area (Å²) in [4.78, 5) is 14.9. The first-order valence-corrected chi connectivity index (χ1v) is 6.99. The van der Waals surface area contributed by atoms with Crippen LogP contribution >= 0.6 is 11.8 Å². The quantitative estimate of drug-likeness (QED) is 0.762. The van der Waals surface area contributed by atoms with Crippen LogP contribution in [-0.4, -0.2) is 55.6 Å². The van der Waals surface area contributed by atoms with Crippen molar-refractivity contribution in [3.05, 3.63) is 29.8 Å². The molecule has 0 atom stereocenters. The van der Waals surface area contributed by atoms with E-state index >= 15 is 0 Å². The highest BCUT2D eigenvalue weighted by molar-refractivity contribution is 7.98. The molecule has 1 N–H and O–H groups in total. The Hall–Kier alpha value is -1.04. The molecule has 1 rings (SSSR count). The maximum absolute atomic E-state index is 12.4. The molecule has 5 heteroatoms. The molecule has 0 aliphatic rings. The Morgan fingerprint density at radius 3 is 2.72 bits per heavy atom. The number of methoxy groups -OCH3 is 1. The number of hydrogen-bond acceptors (Lipinski definition) is 4. The maximum atomic E-state index is 12.4. The summed E-state index contributed by atoms with van der Waals surface area (Å²) in [5.74, 6) is -0.0638. The van der Waals surface area contributed by atoms with Gasteiger partial charge < -0.3 is 14.7 Å². The molecular formula is C13H19NO3S. The van der Waals surface area contributed by atoms with Gasteiger partial charge in [0.05, 0.1) is 18.8 Å². The van der Waals surface area contributed by atoms with E-state index < -0.39 is 0 Å². The van der Waals surface area contributed by atoms with E-state index in [4.69, 9.17) is 9.84 Å². The van der Waals surface area contributed by atoms with Crippen molar-refractivity contribution in [3.8, 4) is 0 Å². The average molecular weight is 269 g/mol. The van der Waals surface area contributed by atoms with Crippen molar-refractivity contribution in [2.75, 3.05) is 39.7 Å². The number of aliphatic hydroxyl groups is 1. The van der Waals surface area contributed by atoms with E-state index in [2.05, 4.69) is 0 Å². The second-order valence-electron chi connectivity index (χ2n) is 3.71. The van der Waals surface area contributed by atoms with Crippen LogP contribution in [0.3, 0.4) is 0 Å². The zero-order valence-corrected chi connectivity index (χ0v) is 11.6. The zero-order valence-electron chi connectivity index (χ0n) is 10.8. The standard InChI is InChI=1S/C13H19NO3S/c1-17-10-8-14(7-9-15)13(16)11-5-3-4-6-12(11)18-2/h3-6,15H,7-10H2,1-2H3. The fraction of sp³-hybridized carbons (Fsp3) is 0.462. The number of carbonyl (C=O) groups is 1. The average Bonchev–Trinajstić information content (AvgIpc) is 2.42. The number of aliphatic hydroxyl groups excluding tert-OH is 1. The molecule has 0 saturated heterocycles. The van der Waals surface area contributed by atoms with Gasteiger partial charge in [0.2, 0.25) is 0 Å². The molecule has 0 radical (unpaired) electrons. The van der Waals surface area contributed by atoms with Crippen molar-refractivity contribution in [1.29, 1.82) is 0 Å². The molecule has 0 aromatic heterocycles. The highest BCUT2D eigenvalue weighted by Crippen LogP contribution is 2.21. The lowest BCUT2D eigenvalue weighted by Crippen LogP contribution is -2.36. The van der Waals surface area contributed by atoms with E-state index in [1.807, 2.05) is 30.5 Å². The number of hydrogen-bond donors (Lipinski definition) is 1. The van der Waals surface area contributed by atoms with Gasteiger partial charge in [0.25, 0.3) is 5.91 Å². The van der Waals surface area contributed by atoms with Crippen molar-refractivity contribution < 1.29 is 14.6 Å². The lowest BCUT2D eigenvalue weighted by molar-refractivity contribution is 0.0653. The Kier molecular flexibility index (Phi) is 6.78. The minimum atomic E-state index is -0.0638. The number of benzene rings is 1. The first-order valence-electron chi connectivity index (χ1n) is 5.76. The summed E-state index contributed by atoms with van der Waals surface area (Å²) in [6, 6.07) is 7.49. The Balaban J connectivity index is 2.86. The summed E-state index contributed by atoms with van der Waals surface area (Å²) < 4.78 is 4.98. The van der Waals surface area contributed by atoms with Gasteiger partial charge in [0, 0.05) is 25.1 Å². The predicted octanol–water partition coefficient (Wildman–Crippen LogP) is 1.49. The van der Waals surface area contributed by atoms with Crippen LogP contribution in [0.5, 0.6) is 0 Å². The second kappa shape index (κ2) is 8.13. The maximum Gasteiger partial charge on any atom is 0.255 e. The summed E-state index contributed by atoms with van der Waals surface area (Å²) in [6.45, 7) is 1.23. The predicted molar refractivity (Wildman–Crippen MR) is 73.1 cm³/mol. The fourth-order valence-electron chi connectivity index (χ4n) is 1.63. The Morgan fingerprint density at radius 2 is 2.11 bits per heavy atom. The molecule has 0 unspecified atom stereocenters. The molecule has 0 spiro atoms. The van der Waals surface area contributed by atoms with E-state index in [9.17, 15) is 4.79 Å². The van der Waals surface area contributed by atoms with Crippen molar-refractivity contribution in [2.45, 2.75) is 4.90 Å². The molecule has 0 fully saturated rings. The molecular weight excluding hydrogens is 250 g/mol. The molecule has 4 nitrogen and oxygen atoms in total. The van der Waals surface area contributed by atoms with Gasteiger partial charge in [0.15, 0.2) is 0 Å². The van der Waals surface area contributed by atoms with E-state index in [0.717, 1.165) is 4.90 Å². The van der Waals surface area contributed by atoms with Crippen LogP contribution in [0.4, 0.5) is 0 Å². The molecule has 0 heterocycles. The van der Waals surface area contributed by atoms with E-state index in [-0.39, 0.29) is 12.5 Å². The van der Waals surface area contributed by atoms with Crippen LogP contribution in [-0.2, 0) is 4.74 Å². The Morgan fingerprint density at radius 1 is 1.39 bits per heavy atom. The molecule has 0 saturated carbocycles. The number of thioether (sulfide) groups is 1. The highest BCUT2D eigenvalue weighted by Gasteiger charge is 2.17. The molecule has 0 bridgehead atoms. The minimum absolute atomic E-state index is 0.0448. The van der Waals surface area contributed by atoms with Gasteiger partial charge >= 0.3 is 0 Å². The second-order valence-corrected chi connectivity index (χ2v) is 4.56. The number of ether oxygens (including phenoxy) is 1. The molecule has 0 aliphatic carbocycles. The number of nitrogens with zero attached hydrogens (tertiary/aromatic N) is 1. The topological polar surface area (TPSA) is 49.8 Å². The molecule has 1 amide bonds. The van der Waals surface area contributed by atoms with Crippen molar-refractivity contribution in [3.63, 3.8) is 0 Å². The van der Waals surface area contributed by atoms with Crippen LogP contribution in [0.2, 0.25) is 0 Å². The fourth-order valence-corrected chi connectivity index (χ4v) is 2.22. The van der Waals surface area contributed by atoms with Gasteiger partial charge in [-0.2, -0.15) is 0 Å². The summed E-state index contributed by atoms with van der Waals surface area (Å²) in [5.41, 5.74) is 0.676. The number of rotatable bonds is 7. The summed E-state index contributed by atoms with van der Waals surface area (Å²) in [6.07, 6.45) is 1.94. The summed E-state index contributed by atoms with van der Waals surface area (Å²) in [5, 5.41) is 9.02. The van der Waals surface area contributed by atoms with Crippen molar-refractivity contribution in [1.82, 2.24) is 4.90 Å². The summed E-state index contributed by atoms with van der Waals surface area (Å²) in [7, 11) is 1.59. The summed E-state index contributed by atoms with van der Waals surface area (Å²) >= 11 is 1.54. The number of carbonyl (C=O) groups excluding carboxylic acids is 1. The van der Waals surface area contributed by atoms with Gasteiger partial charge in [-0.15, -0.1) is 11.8 Å². The Bertz CT molecular complexity index is 384. The lowest BCUT2D eigenvalue weighted by atomic mass is 10.2. The molecule has 100 valence electrons. The van der Waals surface area contributed by atoms with Crippen LogP contribution < -0.4 is 0 Å². The smallest absolute Gasteiger partial charge is 0.255 e. The van der Waals surface area contributed by atoms with Gasteiger partial charge in [-0.05, 0) is 18.4 Å². The van der Waals surface area contributed by atoms with Gasteiger partial charge in [-0.1, -0.05) is 12.1 Å². The molecule has 0 aliphatic heterocycles. The zero-order chi connectivity index (χ0) is 13.4. The van der Waals surface area contributed by atoms with Crippen LogP contribution in [0, 0.1) is 0 Å². The first kappa shape index (κ1) is 15.0. The monoisotopic (exact) mass is 269 g/mol. The third kappa shape index (κ3) is 4.01. The lowest BCUT2D eigenvalue weighted by Gasteiger charge is -2.22. The molecule has 18 heavy (non-hydrogen) atoms. The third-order valence-electron chi connectivity index (χ3n) is 2.56. The SMILES string of the molecule is COCCN(CCO)C(=O)c1ccccc1SC. The normalized spacial score (nSPS) is 10.4. The van der Waals surface area contributed by atoms with E-state index in [0.29, 0.717) is 25.3 Å². The van der Waals surface area contributed by atoms with Gasteiger partial charge in [-0.25, -0.2) is 0 Å². The molecule has 1 aromatic rings. The van der Waals surface area contributed by atoms with Crippen molar-refractivity contribution >= 4 is 17.7 Å². The minimum Gasteiger partial charge on any atom is -0.395 e. The van der Waals surface area contributed by atoms with Crippen LogP contribution in [0.25, 0.3) is 0 Å². The van der Waals surface area contributed by atoms with E-state index in [1.165, 1.54) is 0 Å². The van der Waals surface area contributed by atoms with Crippen molar-refractivity contribution in [2.24, 2.45) is 0 Å². The van der Waals surface area contributed by atoms with Gasteiger partial charge in [-0.3, -0.25) is 4.79 Å². The van der Waals surface area contributed by atoms with Gasteiger partial charge in [0.1, 0.15) is 0 Å². The third-order valence-corrected chi connectivity index (χ3v) is 3.36. The van der Waals surface area contributed by atoms with Crippen LogP contribution in [0.15, 0.2) is 29.2 Å². The molecule has 1 aromatic carbocycles. The first-order chi connectivity index (χ1) is 8.74. The highest BCUT2D eigenvalue weighted by atomic mass is 32.2. The largest absolute Gasteiger partial charge is 0.395 e. The van der Waals surface area contributed by atoms with E-state index in [1.54, 1.807) is 23.8 Å². The Labute approximate surface area is 112 Å². The van der Waals surface area contributed by atoms with Crippen LogP contribution in [0.1, 0.15) is 10.4 Å².